The van der Waals surface area contributed by atoms with Crippen LogP contribution in [0.25, 0.3) is 0 Å². The fourth-order valence-corrected chi connectivity index (χ4v) is 1.58. The van der Waals surface area contributed by atoms with Gasteiger partial charge in [-0.2, -0.15) is 13.9 Å². The van der Waals surface area contributed by atoms with Gasteiger partial charge in [-0.05, 0) is 13.0 Å². The minimum absolute atomic E-state index is 0.0605. The van der Waals surface area contributed by atoms with E-state index in [1.807, 2.05) is 0 Å². The van der Waals surface area contributed by atoms with Gasteiger partial charge in [-0.1, -0.05) is 6.07 Å². The Labute approximate surface area is 124 Å². The summed E-state index contributed by atoms with van der Waals surface area (Å²) in [7, 11) is 0. The highest BCUT2D eigenvalue weighted by molar-refractivity contribution is 5.91. The molecule has 9 heteroatoms. The number of aromatic amines is 1. The molecule has 0 bridgehead atoms. The molecular weight excluding hydrogens is 300 g/mol. The third-order valence-electron chi connectivity index (χ3n) is 2.46. The van der Waals surface area contributed by atoms with E-state index in [-0.39, 0.29) is 30.5 Å². The molecule has 0 spiro atoms. The molecule has 2 aromatic heterocycles. The third-order valence-corrected chi connectivity index (χ3v) is 2.46. The first-order valence-electron chi connectivity index (χ1n) is 6.34. The van der Waals surface area contributed by atoms with Crippen LogP contribution in [0, 0.1) is 0 Å². The van der Waals surface area contributed by atoms with Gasteiger partial charge in [0.05, 0.1) is 18.5 Å². The number of carbonyl (C=O) groups is 1. The molecule has 0 aliphatic rings. The Morgan fingerprint density at radius 1 is 1.41 bits per heavy atom. The number of ether oxygens (including phenoxy) is 3. The molecule has 0 saturated carbocycles. The van der Waals surface area contributed by atoms with Gasteiger partial charge in [-0.15, -0.1) is 0 Å². The minimum atomic E-state index is -2.95. The first-order valence-corrected chi connectivity index (χ1v) is 6.34. The van der Waals surface area contributed by atoms with Gasteiger partial charge < -0.3 is 14.2 Å². The van der Waals surface area contributed by atoms with Crippen LogP contribution in [-0.2, 0) is 11.3 Å². The molecule has 2 heterocycles. The number of pyridine rings is 1. The fraction of sp³-hybridized carbons (Fsp3) is 0.308. The molecule has 1 N–H and O–H groups in total. The second-order valence-corrected chi connectivity index (χ2v) is 3.97. The smallest absolute Gasteiger partial charge is 0.388 e. The van der Waals surface area contributed by atoms with Gasteiger partial charge in [-0.3, -0.25) is 0 Å². The summed E-state index contributed by atoms with van der Waals surface area (Å²) in [5.41, 5.74) is 0.490. The number of alkyl halides is 2. The van der Waals surface area contributed by atoms with Gasteiger partial charge in [0.1, 0.15) is 12.2 Å². The quantitative estimate of drug-likeness (QED) is 0.788. The monoisotopic (exact) mass is 313 g/mol. The average Bonchev–Trinajstić information content (AvgIpc) is 2.93. The second-order valence-electron chi connectivity index (χ2n) is 3.97. The van der Waals surface area contributed by atoms with Crippen molar-refractivity contribution < 1.29 is 27.8 Å². The van der Waals surface area contributed by atoms with Crippen molar-refractivity contribution in [2.24, 2.45) is 0 Å². The predicted molar refractivity (Wildman–Crippen MR) is 69.7 cm³/mol. The molecule has 0 aliphatic heterocycles. The van der Waals surface area contributed by atoms with E-state index >= 15 is 0 Å². The van der Waals surface area contributed by atoms with Crippen LogP contribution >= 0.6 is 0 Å². The molecule has 0 amide bonds. The summed E-state index contributed by atoms with van der Waals surface area (Å²) >= 11 is 0. The van der Waals surface area contributed by atoms with Crippen LogP contribution in [-0.4, -0.2) is 34.4 Å². The van der Waals surface area contributed by atoms with E-state index < -0.39 is 12.6 Å². The number of nitrogens with one attached hydrogen (secondary N) is 1. The number of hydrogen-bond donors (Lipinski definition) is 1. The van der Waals surface area contributed by atoms with E-state index in [0.29, 0.717) is 5.69 Å². The van der Waals surface area contributed by atoms with Crippen LogP contribution in [0.1, 0.15) is 23.0 Å². The van der Waals surface area contributed by atoms with E-state index in [1.165, 1.54) is 18.3 Å². The predicted octanol–water partition coefficient (Wildman–Crippen LogP) is 2.16. The van der Waals surface area contributed by atoms with Crippen LogP contribution in [0.3, 0.4) is 0 Å². The lowest BCUT2D eigenvalue weighted by molar-refractivity contribution is -0.0530. The number of hydrogen-bond acceptors (Lipinski definition) is 6. The van der Waals surface area contributed by atoms with Gasteiger partial charge in [0.25, 0.3) is 0 Å². The van der Waals surface area contributed by atoms with E-state index in [4.69, 9.17) is 9.47 Å². The number of esters is 1. The maximum absolute atomic E-state index is 12.1. The van der Waals surface area contributed by atoms with Gasteiger partial charge in [-0.25, -0.2) is 14.9 Å². The van der Waals surface area contributed by atoms with Crippen molar-refractivity contribution in [1.82, 2.24) is 15.2 Å². The van der Waals surface area contributed by atoms with Crippen molar-refractivity contribution in [1.29, 1.82) is 0 Å². The van der Waals surface area contributed by atoms with Crippen LogP contribution in [0.2, 0.25) is 0 Å². The molecule has 7 nitrogen and oxygen atoms in total. The Hall–Kier alpha value is -2.71. The van der Waals surface area contributed by atoms with Crippen molar-refractivity contribution in [3.63, 3.8) is 0 Å². The van der Waals surface area contributed by atoms with Gasteiger partial charge >= 0.3 is 12.6 Å². The summed E-state index contributed by atoms with van der Waals surface area (Å²) in [6.45, 7) is -1.11. The molecule has 2 aromatic rings. The highest BCUT2D eigenvalue weighted by atomic mass is 19.3. The summed E-state index contributed by atoms with van der Waals surface area (Å²) < 4.78 is 38.6. The lowest BCUT2D eigenvalue weighted by Gasteiger charge is -2.07. The zero-order chi connectivity index (χ0) is 15.9. The Morgan fingerprint density at radius 3 is 2.95 bits per heavy atom. The number of H-pyrrole nitrogens is 1. The fourth-order valence-electron chi connectivity index (χ4n) is 1.58. The Balaban J connectivity index is 2.02. The molecule has 22 heavy (non-hydrogen) atoms. The van der Waals surface area contributed by atoms with Crippen molar-refractivity contribution in [2.45, 2.75) is 20.1 Å². The lowest BCUT2D eigenvalue weighted by Crippen LogP contribution is -2.08. The molecule has 0 saturated heterocycles. The number of carbonyl (C=O) groups excluding carboxylic acids is 1. The first kappa shape index (κ1) is 15.7. The van der Waals surface area contributed by atoms with Crippen molar-refractivity contribution in [2.75, 3.05) is 6.61 Å². The molecular formula is C13H13F2N3O4. The zero-order valence-corrected chi connectivity index (χ0v) is 11.6. The van der Waals surface area contributed by atoms with Crippen LogP contribution < -0.4 is 9.47 Å². The molecule has 2 rings (SSSR count). The van der Waals surface area contributed by atoms with Crippen molar-refractivity contribution >= 4 is 5.97 Å². The van der Waals surface area contributed by atoms with E-state index in [9.17, 15) is 13.6 Å². The minimum Gasteiger partial charge on any atom is -0.471 e. The van der Waals surface area contributed by atoms with E-state index in [1.54, 1.807) is 13.0 Å². The highest BCUT2D eigenvalue weighted by Crippen LogP contribution is 2.17. The molecule has 0 unspecified atom stereocenters. The van der Waals surface area contributed by atoms with Gasteiger partial charge in [0.2, 0.25) is 11.8 Å². The first-order chi connectivity index (χ1) is 10.6. The van der Waals surface area contributed by atoms with Crippen LogP contribution in [0.4, 0.5) is 8.78 Å². The summed E-state index contributed by atoms with van der Waals surface area (Å²) in [6, 6.07) is 4.37. The Kier molecular flexibility index (Phi) is 5.23. The van der Waals surface area contributed by atoms with E-state index in [2.05, 4.69) is 19.9 Å². The number of rotatable bonds is 7. The van der Waals surface area contributed by atoms with Crippen LogP contribution in [0.15, 0.2) is 24.4 Å². The SMILES string of the molecule is CCOC(=O)c1cn[nH]c1OCc1cccc(OC(F)F)n1. The van der Waals surface area contributed by atoms with Crippen LogP contribution in [0.5, 0.6) is 11.8 Å². The molecule has 0 aliphatic carbocycles. The normalized spacial score (nSPS) is 10.5. The largest absolute Gasteiger partial charge is 0.471 e. The highest BCUT2D eigenvalue weighted by Gasteiger charge is 2.16. The Bertz CT molecular complexity index is 633. The van der Waals surface area contributed by atoms with Gasteiger partial charge in [0, 0.05) is 6.07 Å². The molecule has 118 valence electrons. The molecule has 0 fully saturated rings. The maximum atomic E-state index is 12.1. The second kappa shape index (κ2) is 7.34. The standard InChI is InChI=1S/C13H13F2N3O4/c1-2-20-12(19)9-6-16-18-11(9)21-7-8-4-3-5-10(17-8)22-13(14)15/h3-6,13H,2,7H2,1H3,(H,16,18). The number of nitrogens with zero attached hydrogens (tertiary/aromatic N) is 2. The zero-order valence-electron chi connectivity index (χ0n) is 11.6. The summed E-state index contributed by atoms with van der Waals surface area (Å²) in [6.07, 6.45) is 1.27. The summed E-state index contributed by atoms with van der Waals surface area (Å²) in [5.74, 6) is -0.680. The molecule has 0 atom stereocenters. The van der Waals surface area contributed by atoms with Crippen molar-refractivity contribution in [3.05, 3.63) is 35.7 Å². The van der Waals surface area contributed by atoms with Crippen molar-refractivity contribution in [3.8, 4) is 11.8 Å². The third kappa shape index (κ3) is 4.14. The van der Waals surface area contributed by atoms with Gasteiger partial charge in [0.15, 0.2) is 0 Å². The summed E-state index contributed by atoms with van der Waals surface area (Å²) in [5, 5.41) is 6.21. The maximum Gasteiger partial charge on any atom is 0.388 e. The summed E-state index contributed by atoms with van der Waals surface area (Å²) in [4.78, 5) is 15.5. The van der Waals surface area contributed by atoms with E-state index in [0.717, 1.165) is 0 Å². The lowest BCUT2D eigenvalue weighted by atomic mass is 10.3. The Morgan fingerprint density at radius 2 is 2.23 bits per heavy atom. The topological polar surface area (TPSA) is 86.3 Å². The molecule has 0 aromatic carbocycles. The number of aromatic nitrogens is 3. The molecule has 0 radical (unpaired) electrons. The number of halogens is 2. The average molecular weight is 313 g/mol.